The normalized spacial score (nSPS) is 14.9. The number of aromatic nitrogens is 2. The molecular formula is C34H34N2O4. The molecule has 0 bridgehead atoms. The fourth-order valence-electron chi connectivity index (χ4n) is 5.35. The van der Waals surface area contributed by atoms with E-state index in [1.807, 2.05) is 104 Å². The largest absolute Gasteiger partial charge is 0.504 e. The van der Waals surface area contributed by atoms with Gasteiger partial charge in [0, 0.05) is 45.3 Å². The second kappa shape index (κ2) is 9.56. The van der Waals surface area contributed by atoms with E-state index >= 15 is 0 Å². The zero-order valence-electron chi connectivity index (χ0n) is 23.6. The number of nitrogens with zero attached hydrogens (tertiary/aromatic N) is 2. The molecule has 0 aliphatic heterocycles. The van der Waals surface area contributed by atoms with Gasteiger partial charge in [-0.15, -0.1) is 13.2 Å². The number of para-hydroxylation sites is 2. The van der Waals surface area contributed by atoms with Gasteiger partial charge in [-0.2, -0.15) is 0 Å². The van der Waals surface area contributed by atoms with Crippen LogP contribution in [-0.2, 0) is 25.4 Å². The van der Waals surface area contributed by atoms with E-state index in [-0.39, 0.29) is 23.5 Å². The van der Waals surface area contributed by atoms with Crippen LogP contribution in [-0.4, -0.2) is 32.4 Å². The van der Waals surface area contributed by atoms with Crippen LogP contribution >= 0.6 is 0 Å². The third-order valence-corrected chi connectivity index (χ3v) is 7.83. The molecule has 5 rings (SSSR count). The van der Waals surface area contributed by atoms with Gasteiger partial charge < -0.3 is 19.0 Å². The van der Waals surface area contributed by atoms with Crippen LogP contribution in [0.1, 0.15) is 45.7 Å². The van der Waals surface area contributed by atoms with Crippen LogP contribution in [0.3, 0.4) is 0 Å². The predicted molar refractivity (Wildman–Crippen MR) is 161 cm³/mol. The monoisotopic (exact) mass is 534 g/mol. The Balaban J connectivity index is 1.78. The topological polar surface area (TPSA) is 73.5 Å². The van der Waals surface area contributed by atoms with Gasteiger partial charge in [0.15, 0.2) is 11.5 Å². The summed E-state index contributed by atoms with van der Waals surface area (Å²) in [7, 11) is 0. The first-order chi connectivity index (χ1) is 19.0. The molecule has 6 heteroatoms. The van der Waals surface area contributed by atoms with Crippen molar-refractivity contribution in [3.8, 4) is 0 Å². The molecule has 0 atom stereocenters. The predicted octanol–water partition coefficient (Wildman–Crippen LogP) is 7.31. The van der Waals surface area contributed by atoms with Crippen molar-refractivity contribution in [2.45, 2.75) is 45.7 Å². The van der Waals surface area contributed by atoms with E-state index in [1.54, 1.807) is 13.1 Å². The summed E-state index contributed by atoms with van der Waals surface area (Å²) in [4.78, 5) is 28.3. The van der Waals surface area contributed by atoms with Crippen LogP contribution in [0.2, 0.25) is 0 Å². The number of rotatable bonds is 8. The molecule has 1 aliphatic rings. The maximum atomic E-state index is 14.2. The number of hydrogen-bond donors (Lipinski definition) is 1. The first-order valence-corrected chi connectivity index (χ1v) is 13.4. The van der Waals surface area contributed by atoms with Crippen LogP contribution in [0.5, 0.6) is 0 Å². The molecule has 40 heavy (non-hydrogen) atoms. The number of allylic oxidation sites excluding steroid dienone is 4. The molecule has 204 valence electrons. The van der Waals surface area contributed by atoms with Crippen molar-refractivity contribution in [3.05, 3.63) is 109 Å². The van der Waals surface area contributed by atoms with Gasteiger partial charge in [-0.3, -0.25) is 9.59 Å². The van der Waals surface area contributed by atoms with Gasteiger partial charge in [-0.1, -0.05) is 48.6 Å². The average molecular weight is 535 g/mol. The number of benzene rings is 2. The molecule has 0 amide bonds. The van der Waals surface area contributed by atoms with Crippen molar-refractivity contribution >= 4 is 44.5 Å². The zero-order valence-corrected chi connectivity index (χ0v) is 23.6. The summed E-state index contributed by atoms with van der Waals surface area (Å²) in [5.74, 6) is -1.85. The van der Waals surface area contributed by atoms with E-state index in [1.165, 1.54) is 0 Å². The summed E-state index contributed by atoms with van der Waals surface area (Å²) < 4.78 is 9.93. The number of carbonyl (C=O) groups excluding carboxylic acids is 2. The fraction of sp³-hybridized carbons (Fsp3) is 0.235. The third kappa shape index (κ3) is 3.94. The molecule has 6 nitrogen and oxygen atoms in total. The van der Waals surface area contributed by atoms with E-state index in [0.29, 0.717) is 11.1 Å². The first-order valence-electron chi connectivity index (χ1n) is 13.4. The summed E-state index contributed by atoms with van der Waals surface area (Å²) in [6.07, 6.45) is 7.28. The number of ketones is 2. The second-order valence-electron chi connectivity index (χ2n) is 11.1. The third-order valence-electron chi connectivity index (χ3n) is 7.83. The van der Waals surface area contributed by atoms with Gasteiger partial charge >= 0.3 is 0 Å². The molecule has 0 saturated heterocycles. The van der Waals surface area contributed by atoms with E-state index in [9.17, 15) is 14.7 Å². The van der Waals surface area contributed by atoms with Crippen molar-refractivity contribution < 1.29 is 19.4 Å². The van der Waals surface area contributed by atoms with E-state index in [2.05, 4.69) is 13.2 Å². The second-order valence-corrected chi connectivity index (χ2v) is 11.1. The van der Waals surface area contributed by atoms with Gasteiger partial charge in [0.25, 0.3) is 0 Å². The van der Waals surface area contributed by atoms with Crippen molar-refractivity contribution in [2.24, 2.45) is 0 Å². The lowest BCUT2D eigenvalue weighted by atomic mass is 9.86. The molecular weight excluding hydrogens is 500 g/mol. The van der Waals surface area contributed by atoms with E-state index in [0.717, 1.165) is 21.8 Å². The summed E-state index contributed by atoms with van der Waals surface area (Å²) in [5, 5.41) is 13.0. The summed E-state index contributed by atoms with van der Waals surface area (Å²) in [6.45, 7) is 17.9. The van der Waals surface area contributed by atoms with E-state index < -0.39 is 28.4 Å². The van der Waals surface area contributed by atoms with Crippen LogP contribution in [0.4, 0.5) is 0 Å². The van der Waals surface area contributed by atoms with Crippen LogP contribution in [0, 0.1) is 0 Å². The molecule has 0 fully saturated rings. The Kier molecular flexibility index (Phi) is 6.45. The molecule has 0 radical (unpaired) electrons. The number of hydrogen-bond acceptors (Lipinski definition) is 4. The SMILES string of the molecule is C=CC(C)(C)n1cc(C2=C(O)C(=O)C(c3cn(C(C)(C)C=C)c4ccccc34)=C(OCC)C2=O)c2ccccc21. The molecule has 2 aromatic heterocycles. The quantitative estimate of drug-likeness (QED) is 0.190. The number of aliphatic hydroxyl groups is 1. The van der Waals surface area contributed by atoms with Gasteiger partial charge in [-0.05, 0) is 46.8 Å². The van der Waals surface area contributed by atoms with Crippen molar-refractivity contribution in [2.75, 3.05) is 6.61 Å². The molecule has 0 spiro atoms. The highest BCUT2D eigenvalue weighted by atomic mass is 16.5. The van der Waals surface area contributed by atoms with Crippen molar-refractivity contribution in [1.82, 2.24) is 9.13 Å². The molecule has 0 unspecified atom stereocenters. The van der Waals surface area contributed by atoms with Crippen LogP contribution in [0.25, 0.3) is 33.0 Å². The molecule has 2 heterocycles. The average Bonchev–Trinajstić information content (AvgIpc) is 3.53. The maximum Gasteiger partial charge on any atom is 0.232 e. The minimum absolute atomic E-state index is 0.0538. The molecule has 4 aromatic rings. The first kappa shape index (κ1) is 27.0. The number of Topliss-reactive ketones (excluding diaryl/α,β-unsaturated/α-hetero) is 2. The Morgan fingerprint density at radius 2 is 1.23 bits per heavy atom. The maximum absolute atomic E-state index is 14.2. The molecule has 2 aromatic carbocycles. The summed E-state index contributed by atoms with van der Waals surface area (Å²) in [5.41, 5.74) is 1.73. The standard InChI is InChI=1S/C34H34N2O4/c1-8-33(4,5)35-19-23(21-15-11-13-17-25(21)35)27-29(37)30(38)28(32(31(27)39)40-10-3)24-20-36(34(6,7)9-2)26-18-14-12-16-22(24)26/h8-9,11-20,37H,1-2,10H2,3-7H3. The van der Waals surface area contributed by atoms with Crippen LogP contribution < -0.4 is 0 Å². The highest BCUT2D eigenvalue weighted by molar-refractivity contribution is 6.48. The Morgan fingerprint density at radius 3 is 1.68 bits per heavy atom. The molecule has 1 N–H and O–H groups in total. The number of fused-ring (bicyclic) bond motifs is 2. The number of aliphatic hydroxyl groups excluding tert-OH is 1. The zero-order chi connectivity index (χ0) is 29.0. The van der Waals surface area contributed by atoms with Crippen LogP contribution in [0.15, 0.2) is 97.8 Å². The number of ether oxygens (including phenoxy) is 1. The van der Waals surface area contributed by atoms with Gasteiger partial charge in [0.1, 0.15) is 0 Å². The van der Waals surface area contributed by atoms with Crippen molar-refractivity contribution in [3.63, 3.8) is 0 Å². The Labute approximate surface area is 234 Å². The van der Waals surface area contributed by atoms with Gasteiger partial charge in [0.2, 0.25) is 11.6 Å². The minimum Gasteiger partial charge on any atom is -0.504 e. The highest BCUT2D eigenvalue weighted by Crippen LogP contribution is 2.42. The van der Waals surface area contributed by atoms with E-state index in [4.69, 9.17) is 4.74 Å². The summed E-state index contributed by atoms with van der Waals surface area (Å²) in [6, 6.07) is 15.3. The molecule has 1 aliphatic carbocycles. The fourth-order valence-corrected chi connectivity index (χ4v) is 5.35. The summed E-state index contributed by atoms with van der Waals surface area (Å²) >= 11 is 0. The Hall–Kier alpha value is -4.58. The lowest BCUT2D eigenvalue weighted by molar-refractivity contribution is -0.117. The Bertz CT molecular complexity index is 1790. The number of carbonyl (C=O) groups is 2. The smallest absolute Gasteiger partial charge is 0.232 e. The molecule has 0 saturated carbocycles. The van der Waals surface area contributed by atoms with Crippen molar-refractivity contribution in [1.29, 1.82) is 0 Å². The lowest BCUT2D eigenvalue weighted by Crippen LogP contribution is -2.25. The lowest BCUT2D eigenvalue weighted by Gasteiger charge is -2.24. The van der Waals surface area contributed by atoms with Gasteiger partial charge in [-0.25, -0.2) is 0 Å². The van der Waals surface area contributed by atoms with Gasteiger partial charge in [0.05, 0.1) is 28.8 Å². The minimum atomic E-state index is -0.655. The Morgan fingerprint density at radius 1 is 0.775 bits per heavy atom. The highest BCUT2D eigenvalue weighted by Gasteiger charge is 2.40.